The molecule has 2 aromatic heterocycles. The van der Waals surface area contributed by atoms with Gasteiger partial charge in [0, 0.05) is 31.7 Å². The lowest BCUT2D eigenvalue weighted by molar-refractivity contribution is -0.119. The molecule has 34 heavy (non-hydrogen) atoms. The van der Waals surface area contributed by atoms with Gasteiger partial charge in [0.05, 0.1) is 24.7 Å². The number of ether oxygens (including phenoxy) is 2. The van der Waals surface area contributed by atoms with Gasteiger partial charge in [-0.1, -0.05) is 24.0 Å². The summed E-state index contributed by atoms with van der Waals surface area (Å²) in [6, 6.07) is 9.49. The molecule has 9 nitrogen and oxygen atoms in total. The van der Waals surface area contributed by atoms with Gasteiger partial charge in [0.2, 0.25) is 5.91 Å². The smallest absolute Gasteiger partial charge is 0.356 e. The second-order valence-corrected chi connectivity index (χ2v) is 8.21. The van der Waals surface area contributed by atoms with E-state index >= 15 is 0 Å². The lowest BCUT2D eigenvalue weighted by atomic mass is 10.1. The zero-order chi connectivity index (χ0) is 24.9. The Morgan fingerprint density at radius 1 is 1.21 bits per heavy atom. The standard InChI is InChI=1S/C25H28N4O5/c1-25(2,32)11-10-16-6-8-17(9-7-16)13-26-18-12-19-21(28-20(30)15-33-4)22(24(31)34-5)29(3)23(19)27-14-18/h6-9,12,14,26,32H,13,15H2,1-5H3,(H,28,30). The number of pyridine rings is 1. The Morgan fingerprint density at radius 3 is 2.53 bits per heavy atom. The number of carbonyl (C=O) groups is 2. The molecule has 0 saturated carbocycles. The van der Waals surface area contributed by atoms with Gasteiger partial charge in [-0.2, -0.15) is 0 Å². The highest BCUT2D eigenvalue weighted by molar-refractivity contribution is 6.11. The number of anilines is 2. The van der Waals surface area contributed by atoms with Gasteiger partial charge in [0.25, 0.3) is 0 Å². The molecule has 0 aliphatic heterocycles. The van der Waals surface area contributed by atoms with Crippen LogP contribution in [0.15, 0.2) is 36.5 Å². The number of amides is 1. The summed E-state index contributed by atoms with van der Waals surface area (Å²) in [7, 11) is 4.38. The molecule has 0 bridgehead atoms. The quantitative estimate of drug-likeness (QED) is 0.364. The average Bonchev–Trinajstić information content (AvgIpc) is 3.07. The van der Waals surface area contributed by atoms with Crippen molar-refractivity contribution in [2.45, 2.75) is 26.0 Å². The van der Waals surface area contributed by atoms with Crippen molar-refractivity contribution in [2.75, 3.05) is 31.5 Å². The van der Waals surface area contributed by atoms with E-state index in [0.717, 1.165) is 11.1 Å². The lowest BCUT2D eigenvalue weighted by Gasteiger charge is -2.08. The first-order valence-electron chi connectivity index (χ1n) is 10.6. The maximum absolute atomic E-state index is 12.4. The number of esters is 1. The van der Waals surface area contributed by atoms with E-state index in [1.165, 1.54) is 14.2 Å². The first kappa shape index (κ1) is 24.8. The first-order chi connectivity index (χ1) is 16.1. The van der Waals surface area contributed by atoms with E-state index in [0.29, 0.717) is 29.0 Å². The molecule has 2 heterocycles. The fourth-order valence-electron chi connectivity index (χ4n) is 3.31. The molecule has 0 aliphatic rings. The van der Waals surface area contributed by atoms with Crippen LogP contribution in [0.25, 0.3) is 11.0 Å². The van der Waals surface area contributed by atoms with Crippen LogP contribution in [0.1, 0.15) is 35.5 Å². The first-order valence-corrected chi connectivity index (χ1v) is 10.6. The van der Waals surface area contributed by atoms with Crippen molar-refractivity contribution in [3.05, 3.63) is 53.3 Å². The molecular weight excluding hydrogens is 436 g/mol. The van der Waals surface area contributed by atoms with Crippen LogP contribution >= 0.6 is 0 Å². The summed E-state index contributed by atoms with van der Waals surface area (Å²) in [6.07, 6.45) is 1.66. The molecule has 3 N–H and O–H groups in total. The van der Waals surface area contributed by atoms with Crippen LogP contribution < -0.4 is 10.6 Å². The maximum atomic E-state index is 12.4. The summed E-state index contributed by atoms with van der Waals surface area (Å²) in [5.41, 5.74) is 2.53. The molecule has 0 saturated heterocycles. The van der Waals surface area contributed by atoms with Crippen molar-refractivity contribution in [3.8, 4) is 11.8 Å². The molecule has 1 aromatic carbocycles. The van der Waals surface area contributed by atoms with Crippen molar-refractivity contribution in [3.63, 3.8) is 0 Å². The van der Waals surface area contributed by atoms with E-state index in [4.69, 9.17) is 9.47 Å². The minimum atomic E-state index is -1.04. The molecule has 3 rings (SSSR count). The number of rotatable bonds is 7. The second kappa shape index (κ2) is 10.4. The van der Waals surface area contributed by atoms with Crippen LogP contribution in [0.4, 0.5) is 11.4 Å². The van der Waals surface area contributed by atoms with Gasteiger partial charge >= 0.3 is 5.97 Å². The van der Waals surface area contributed by atoms with Crippen LogP contribution in [0, 0.1) is 11.8 Å². The van der Waals surface area contributed by atoms with Gasteiger partial charge in [0.1, 0.15) is 17.9 Å². The Balaban J connectivity index is 1.86. The highest BCUT2D eigenvalue weighted by Gasteiger charge is 2.24. The molecule has 1 amide bonds. The Hall–Kier alpha value is -3.87. The number of carbonyl (C=O) groups excluding carboxylic acids is 2. The van der Waals surface area contributed by atoms with Crippen LogP contribution in [0.2, 0.25) is 0 Å². The second-order valence-electron chi connectivity index (χ2n) is 8.21. The Bertz CT molecular complexity index is 1260. The Labute approximate surface area is 198 Å². The van der Waals surface area contributed by atoms with Crippen molar-refractivity contribution in [1.82, 2.24) is 9.55 Å². The summed E-state index contributed by atoms with van der Waals surface area (Å²) in [6.45, 7) is 3.64. The fourth-order valence-corrected chi connectivity index (χ4v) is 3.31. The van der Waals surface area contributed by atoms with Gasteiger partial charge in [-0.05, 0) is 37.6 Å². The number of methoxy groups -OCH3 is 2. The number of aromatic nitrogens is 2. The predicted octanol–water partition coefficient (Wildman–Crippen LogP) is 2.68. The Morgan fingerprint density at radius 2 is 1.91 bits per heavy atom. The highest BCUT2D eigenvalue weighted by atomic mass is 16.5. The largest absolute Gasteiger partial charge is 0.464 e. The Kier molecular flexibility index (Phi) is 7.56. The molecule has 0 aliphatic carbocycles. The molecule has 0 spiro atoms. The number of hydrogen-bond acceptors (Lipinski definition) is 7. The van der Waals surface area contributed by atoms with Crippen molar-refractivity contribution >= 4 is 34.3 Å². The van der Waals surface area contributed by atoms with Gasteiger partial charge in [-0.3, -0.25) is 4.79 Å². The number of hydrogen-bond donors (Lipinski definition) is 3. The summed E-state index contributed by atoms with van der Waals surface area (Å²) in [5.74, 6) is 4.75. The van der Waals surface area contributed by atoms with Crippen molar-refractivity contribution < 1.29 is 24.2 Å². The maximum Gasteiger partial charge on any atom is 0.356 e. The summed E-state index contributed by atoms with van der Waals surface area (Å²) < 4.78 is 11.4. The third-order valence-electron chi connectivity index (χ3n) is 4.91. The molecule has 0 radical (unpaired) electrons. The van der Waals surface area contributed by atoms with E-state index in [9.17, 15) is 14.7 Å². The number of benzene rings is 1. The number of fused-ring (bicyclic) bond motifs is 1. The van der Waals surface area contributed by atoms with E-state index < -0.39 is 17.5 Å². The molecule has 0 atom stereocenters. The molecule has 9 heteroatoms. The minimum absolute atomic E-state index is 0.154. The van der Waals surface area contributed by atoms with E-state index in [1.54, 1.807) is 31.7 Å². The van der Waals surface area contributed by atoms with E-state index in [2.05, 4.69) is 27.5 Å². The monoisotopic (exact) mass is 464 g/mol. The third-order valence-corrected chi connectivity index (χ3v) is 4.91. The highest BCUT2D eigenvalue weighted by Crippen LogP contribution is 2.31. The van der Waals surface area contributed by atoms with Gasteiger partial charge in [0.15, 0.2) is 5.69 Å². The van der Waals surface area contributed by atoms with Crippen LogP contribution in [-0.2, 0) is 27.9 Å². The third kappa shape index (κ3) is 5.92. The average molecular weight is 465 g/mol. The molecule has 0 fully saturated rings. The van der Waals surface area contributed by atoms with Gasteiger partial charge in [-0.15, -0.1) is 0 Å². The minimum Gasteiger partial charge on any atom is -0.464 e. The van der Waals surface area contributed by atoms with Crippen LogP contribution in [0.3, 0.4) is 0 Å². The van der Waals surface area contributed by atoms with E-state index in [-0.39, 0.29) is 12.3 Å². The number of nitrogens with one attached hydrogen (secondary N) is 2. The summed E-state index contributed by atoms with van der Waals surface area (Å²) >= 11 is 0. The predicted molar refractivity (Wildman–Crippen MR) is 130 cm³/mol. The number of aliphatic hydroxyl groups is 1. The normalized spacial score (nSPS) is 11.0. The van der Waals surface area contributed by atoms with Gasteiger partial charge < -0.3 is 29.8 Å². The summed E-state index contributed by atoms with van der Waals surface area (Å²) in [4.78, 5) is 29.1. The van der Waals surface area contributed by atoms with Crippen molar-refractivity contribution in [1.29, 1.82) is 0 Å². The number of aryl methyl sites for hydroxylation is 1. The molecule has 3 aromatic rings. The van der Waals surface area contributed by atoms with Crippen molar-refractivity contribution in [2.24, 2.45) is 7.05 Å². The lowest BCUT2D eigenvalue weighted by Crippen LogP contribution is -2.19. The van der Waals surface area contributed by atoms with Gasteiger partial charge in [-0.25, -0.2) is 9.78 Å². The zero-order valence-electron chi connectivity index (χ0n) is 19.9. The molecular formula is C25H28N4O5. The number of nitrogens with zero attached hydrogens (tertiary/aromatic N) is 2. The molecule has 178 valence electrons. The topological polar surface area (TPSA) is 115 Å². The van der Waals surface area contributed by atoms with Crippen LogP contribution in [-0.4, -0.2) is 53.0 Å². The SMILES string of the molecule is COCC(=O)Nc1c(C(=O)OC)n(C)c2ncc(NCc3ccc(C#CC(C)(C)O)cc3)cc12. The fraction of sp³-hybridized carbons (Fsp3) is 0.320. The van der Waals surface area contributed by atoms with E-state index in [1.807, 2.05) is 30.3 Å². The zero-order valence-corrected chi connectivity index (χ0v) is 19.9. The van der Waals surface area contributed by atoms with Crippen LogP contribution in [0.5, 0.6) is 0 Å². The molecule has 0 unspecified atom stereocenters. The summed E-state index contributed by atoms with van der Waals surface area (Å²) in [5, 5.41) is 16.4.